The van der Waals surface area contributed by atoms with Gasteiger partial charge in [0.2, 0.25) is 0 Å². The van der Waals surface area contributed by atoms with Crippen molar-refractivity contribution in [2.75, 3.05) is 0 Å². The van der Waals surface area contributed by atoms with Crippen LogP contribution in [0.15, 0.2) is 30.5 Å². The van der Waals surface area contributed by atoms with E-state index in [2.05, 4.69) is 0 Å². The molecule has 4 heteroatoms. The van der Waals surface area contributed by atoms with Crippen LogP contribution < -0.4 is 5.73 Å². The highest BCUT2D eigenvalue weighted by Crippen LogP contribution is 2.23. The van der Waals surface area contributed by atoms with Crippen molar-refractivity contribution in [1.82, 2.24) is 4.57 Å². The number of nitrogens with two attached hydrogens (primary N) is 1. The first-order chi connectivity index (χ1) is 8.08. The fourth-order valence-electron chi connectivity index (χ4n) is 2.13. The third kappa shape index (κ3) is 2.64. The van der Waals surface area contributed by atoms with E-state index in [1.165, 1.54) is 0 Å². The second-order valence-corrected chi connectivity index (χ2v) is 4.40. The second kappa shape index (κ2) is 4.84. The van der Waals surface area contributed by atoms with E-state index in [0.29, 0.717) is 6.42 Å². The Hall–Kier alpha value is -1.42. The first-order valence-electron chi connectivity index (χ1n) is 5.68. The molecule has 0 fully saturated rings. The summed E-state index contributed by atoms with van der Waals surface area (Å²) in [7, 11) is 0. The highest BCUT2D eigenvalue weighted by atomic mass is 19.3. The molecule has 2 rings (SSSR count). The summed E-state index contributed by atoms with van der Waals surface area (Å²) in [5.74, 6) is 0. The standard InChI is InChI=1S/C13H16F2N2/c1-9(16)6-10-7-17(8-13(14)15)12-5-3-2-4-11(10)12/h2-5,7,9,13H,6,8,16H2,1H3. The molecular formula is C13H16F2N2. The minimum absolute atomic E-state index is 0.0285. The van der Waals surface area contributed by atoms with Gasteiger partial charge >= 0.3 is 0 Å². The molecule has 1 atom stereocenters. The molecule has 17 heavy (non-hydrogen) atoms. The summed E-state index contributed by atoms with van der Waals surface area (Å²) in [5, 5.41) is 1.02. The number of hydrogen-bond donors (Lipinski definition) is 1. The molecule has 1 heterocycles. The van der Waals surface area contributed by atoms with Crippen molar-refractivity contribution in [2.45, 2.75) is 32.4 Å². The number of benzene rings is 1. The maximum atomic E-state index is 12.5. The van der Waals surface area contributed by atoms with Gasteiger partial charge in [-0.3, -0.25) is 0 Å². The summed E-state index contributed by atoms with van der Waals surface area (Å²) in [6.07, 6.45) is 0.158. The van der Waals surface area contributed by atoms with Crippen LogP contribution in [0.2, 0.25) is 0 Å². The van der Waals surface area contributed by atoms with E-state index in [9.17, 15) is 8.78 Å². The molecule has 1 aromatic heterocycles. The molecule has 0 aliphatic carbocycles. The van der Waals surface area contributed by atoms with E-state index < -0.39 is 6.43 Å². The van der Waals surface area contributed by atoms with Gasteiger partial charge in [-0.2, -0.15) is 0 Å². The van der Waals surface area contributed by atoms with Gasteiger partial charge in [0, 0.05) is 23.1 Å². The van der Waals surface area contributed by atoms with Crippen molar-refractivity contribution in [3.05, 3.63) is 36.0 Å². The van der Waals surface area contributed by atoms with E-state index in [4.69, 9.17) is 5.73 Å². The second-order valence-electron chi connectivity index (χ2n) is 4.40. The van der Waals surface area contributed by atoms with Gasteiger partial charge in [-0.05, 0) is 25.0 Å². The zero-order valence-electron chi connectivity index (χ0n) is 9.74. The summed E-state index contributed by atoms with van der Waals surface area (Å²) in [4.78, 5) is 0. The van der Waals surface area contributed by atoms with E-state index in [1.807, 2.05) is 31.2 Å². The van der Waals surface area contributed by atoms with Gasteiger partial charge in [0.05, 0.1) is 6.54 Å². The van der Waals surface area contributed by atoms with Crippen LogP contribution in [-0.2, 0) is 13.0 Å². The molecular weight excluding hydrogens is 222 g/mol. The maximum Gasteiger partial charge on any atom is 0.256 e. The van der Waals surface area contributed by atoms with Crippen molar-refractivity contribution >= 4 is 10.9 Å². The molecule has 2 N–H and O–H groups in total. The third-order valence-corrected chi connectivity index (χ3v) is 2.75. The number of aromatic nitrogens is 1. The molecule has 0 amide bonds. The lowest BCUT2D eigenvalue weighted by molar-refractivity contribution is 0.128. The first kappa shape index (κ1) is 12.0. The number of rotatable bonds is 4. The SMILES string of the molecule is CC(N)Cc1cn(CC(F)F)c2ccccc12. The van der Waals surface area contributed by atoms with Gasteiger partial charge in [-0.1, -0.05) is 18.2 Å². The Morgan fingerprint density at radius 3 is 2.65 bits per heavy atom. The molecule has 0 aliphatic rings. The Balaban J connectivity index is 2.46. The number of halogens is 2. The molecule has 0 radical (unpaired) electrons. The van der Waals surface area contributed by atoms with E-state index in [-0.39, 0.29) is 12.6 Å². The van der Waals surface area contributed by atoms with Crippen LogP contribution in [0.5, 0.6) is 0 Å². The maximum absolute atomic E-state index is 12.5. The molecule has 92 valence electrons. The zero-order chi connectivity index (χ0) is 12.4. The molecule has 0 saturated carbocycles. The van der Waals surface area contributed by atoms with Crippen LogP contribution in [0, 0.1) is 0 Å². The predicted octanol–water partition coefficient (Wildman–Crippen LogP) is 2.80. The lowest BCUT2D eigenvalue weighted by atomic mass is 10.1. The van der Waals surface area contributed by atoms with Gasteiger partial charge in [-0.25, -0.2) is 8.78 Å². The average Bonchev–Trinajstić information content (AvgIpc) is 2.56. The molecule has 0 aliphatic heterocycles. The highest BCUT2D eigenvalue weighted by molar-refractivity contribution is 5.84. The van der Waals surface area contributed by atoms with Crippen LogP contribution in [0.4, 0.5) is 8.78 Å². The topological polar surface area (TPSA) is 30.9 Å². The van der Waals surface area contributed by atoms with Crippen molar-refractivity contribution in [2.24, 2.45) is 5.73 Å². The molecule has 1 aromatic carbocycles. The fraction of sp³-hybridized carbons (Fsp3) is 0.385. The zero-order valence-corrected chi connectivity index (χ0v) is 9.74. The summed E-state index contributed by atoms with van der Waals surface area (Å²) in [6.45, 7) is 1.65. The van der Waals surface area contributed by atoms with Crippen LogP contribution in [0.3, 0.4) is 0 Å². The lowest BCUT2D eigenvalue weighted by Crippen LogP contribution is -2.17. The minimum Gasteiger partial charge on any atom is -0.341 e. The molecule has 0 spiro atoms. The molecule has 0 saturated heterocycles. The monoisotopic (exact) mass is 238 g/mol. The van der Waals surface area contributed by atoms with Crippen molar-refractivity contribution in [3.63, 3.8) is 0 Å². The summed E-state index contributed by atoms with van der Waals surface area (Å²) in [6, 6.07) is 7.62. The Bertz CT molecular complexity index is 459. The van der Waals surface area contributed by atoms with Gasteiger partial charge < -0.3 is 10.3 Å². The van der Waals surface area contributed by atoms with E-state index >= 15 is 0 Å². The minimum atomic E-state index is -2.34. The van der Waals surface area contributed by atoms with Gasteiger partial charge in [-0.15, -0.1) is 0 Å². The van der Waals surface area contributed by atoms with Crippen molar-refractivity contribution in [1.29, 1.82) is 0 Å². The van der Waals surface area contributed by atoms with Crippen molar-refractivity contribution in [3.8, 4) is 0 Å². The Labute approximate surface area is 99.0 Å². The number of para-hydroxylation sites is 1. The largest absolute Gasteiger partial charge is 0.341 e. The van der Waals surface area contributed by atoms with Crippen LogP contribution in [0.1, 0.15) is 12.5 Å². The third-order valence-electron chi connectivity index (χ3n) is 2.75. The predicted molar refractivity (Wildman–Crippen MR) is 65.3 cm³/mol. The number of hydrogen-bond acceptors (Lipinski definition) is 1. The number of nitrogens with zero attached hydrogens (tertiary/aromatic N) is 1. The molecule has 2 aromatic rings. The van der Waals surface area contributed by atoms with Crippen LogP contribution in [0.25, 0.3) is 10.9 Å². The average molecular weight is 238 g/mol. The quantitative estimate of drug-likeness (QED) is 0.872. The summed E-state index contributed by atoms with van der Waals surface area (Å²) in [5.41, 5.74) is 7.66. The fourth-order valence-corrected chi connectivity index (χ4v) is 2.13. The van der Waals surface area contributed by atoms with E-state index in [1.54, 1.807) is 10.8 Å². The number of alkyl halides is 2. The van der Waals surface area contributed by atoms with Crippen LogP contribution in [-0.4, -0.2) is 17.0 Å². The molecule has 2 nitrogen and oxygen atoms in total. The lowest BCUT2D eigenvalue weighted by Gasteiger charge is -2.03. The Morgan fingerprint density at radius 2 is 2.00 bits per heavy atom. The Morgan fingerprint density at radius 1 is 1.29 bits per heavy atom. The van der Waals surface area contributed by atoms with Gasteiger partial charge in [0.1, 0.15) is 0 Å². The normalized spacial score (nSPS) is 13.5. The summed E-state index contributed by atoms with van der Waals surface area (Å²) < 4.78 is 26.6. The molecule has 0 bridgehead atoms. The van der Waals surface area contributed by atoms with E-state index in [0.717, 1.165) is 16.5 Å². The summed E-state index contributed by atoms with van der Waals surface area (Å²) >= 11 is 0. The number of fused-ring (bicyclic) bond motifs is 1. The van der Waals surface area contributed by atoms with Gasteiger partial charge in [0.15, 0.2) is 0 Å². The Kier molecular flexibility index (Phi) is 3.43. The van der Waals surface area contributed by atoms with Gasteiger partial charge in [0.25, 0.3) is 6.43 Å². The molecule has 1 unspecified atom stereocenters. The van der Waals surface area contributed by atoms with Crippen LogP contribution >= 0.6 is 0 Å². The highest BCUT2D eigenvalue weighted by Gasteiger charge is 2.12. The smallest absolute Gasteiger partial charge is 0.256 e. The first-order valence-corrected chi connectivity index (χ1v) is 5.68. The van der Waals surface area contributed by atoms with Crippen molar-refractivity contribution < 1.29 is 8.78 Å².